The van der Waals surface area contributed by atoms with Crippen molar-refractivity contribution < 1.29 is 4.74 Å². The number of rotatable bonds is 6. The Hall–Kier alpha value is -1.72. The first-order valence-electron chi connectivity index (χ1n) is 8.59. The number of nitrogens with one attached hydrogen (secondary N) is 1. The quantitative estimate of drug-likeness (QED) is 0.886. The van der Waals surface area contributed by atoms with Crippen LogP contribution in [-0.2, 0) is 11.2 Å². The molecule has 1 atom stereocenters. The van der Waals surface area contributed by atoms with Crippen LogP contribution < -0.4 is 5.56 Å². The summed E-state index contributed by atoms with van der Waals surface area (Å²) in [6, 6.07) is 8.25. The lowest BCUT2D eigenvalue weighted by molar-refractivity contribution is 0.164. The van der Waals surface area contributed by atoms with Crippen LogP contribution in [0.15, 0.2) is 29.1 Å². The molecule has 1 aliphatic heterocycles. The van der Waals surface area contributed by atoms with Gasteiger partial charge < -0.3 is 9.72 Å². The fourth-order valence-electron chi connectivity index (χ4n) is 3.42. The van der Waals surface area contributed by atoms with E-state index < -0.39 is 0 Å². The lowest BCUT2D eigenvalue weighted by Crippen LogP contribution is -2.34. The summed E-state index contributed by atoms with van der Waals surface area (Å²) in [6.45, 7) is 3.88. The third-order valence-electron chi connectivity index (χ3n) is 4.88. The molecule has 2 heterocycles. The molecule has 0 bridgehead atoms. The summed E-state index contributed by atoms with van der Waals surface area (Å²) in [5, 5.41) is 0.665. The maximum absolute atomic E-state index is 12.1. The molecule has 0 radical (unpaired) electrons. The van der Waals surface area contributed by atoms with Crippen LogP contribution >= 0.6 is 0 Å². The minimum Gasteiger partial charge on any atom is -0.381 e. The molecule has 2 aromatic rings. The molecule has 0 amide bonds. The average molecular weight is 313 g/mol. The zero-order chi connectivity index (χ0) is 15.6. The largest absolute Gasteiger partial charge is 0.381 e. The van der Waals surface area contributed by atoms with Gasteiger partial charge in [-0.05, 0) is 37.3 Å². The van der Waals surface area contributed by atoms with E-state index in [0.29, 0.717) is 11.3 Å². The fraction of sp³-hybridized carbons (Fsp3) is 0.556. The predicted octanol–water partition coefficient (Wildman–Crippen LogP) is 1.97. The van der Waals surface area contributed by atoms with Crippen LogP contribution in [0.25, 0.3) is 10.9 Å². The van der Waals surface area contributed by atoms with E-state index in [0.717, 1.165) is 50.1 Å². The summed E-state index contributed by atoms with van der Waals surface area (Å²) in [5.74, 6) is 1.46. The Morgan fingerprint density at radius 2 is 2.13 bits per heavy atom. The van der Waals surface area contributed by atoms with Gasteiger partial charge in [0.25, 0.3) is 5.56 Å². The molecule has 1 aliphatic carbocycles. The van der Waals surface area contributed by atoms with Crippen LogP contribution in [0.4, 0.5) is 0 Å². The van der Waals surface area contributed by atoms with Gasteiger partial charge in [-0.25, -0.2) is 4.98 Å². The first kappa shape index (κ1) is 14.8. The smallest absolute Gasteiger partial charge is 0.258 e. The van der Waals surface area contributed by atoms with Gasteiger partial charge >= 0.3 is 0 Å². The highest BCUT2D eigenvalue weighted by atomic mass is 16.5. The first-order valence-corrected chi connectivity index (χ1v) is 8.59. The Bertz CT molecular complexity index is 732. The molecule has 1 saturated heterocycles. The van der Waals surface area contributed by atoms with Gasteiger partial charge in [0.1, 0.15) is 5.82 Å². The van der Waals surface area contributed by atoms with E-state index in [-0.39, 0.29) is 5.56 Å². The standard InChI is InChI=1S/C18H23N3O2/c22-18-15-3-1-2-4-16(15)19-17(20-18)7-9-21(14-5-6-14)11-13-8-10-23-12-13/h1-4,13-14H,5-12H2,(H,19,20,22)/t13-/m1/s1. The van der Waals surface area contributed by atoms with Crippen LogP contribution in [0.5, 0.6) is 0 Å². The second-order valence-corrected chi connectivity index (χ2v) is 6.74. The van der Waals surface area contributed by atoms with Crippen LogP contribution in [-0.4, -0.2) is 47.2 Å². The lowest BCUT2D eigenvalue weighted by atomic mass is 10.1. The van der Waals surface area contributed by atoms with Crippen molar-refractivity contribution in [3.05, 3.63) is 40.4 Å². The third kappa shape index (κ3) is 3.46. The minimum absolute atomic E-state index is 0.0345. The van der Waals surface area contributed by atoms with Gasteiger partial charge in [-0.2, -0.15) is 0 Å². The average Bonchev–Trinajstić information content (AvgIpc) is 3.28. The maximum atomic E-state index is 12.1. The number of ether oxygens (including phenoxy) is 1. The van der Waals surface area contributed by atoms with Crippen LogP contribution in [0.1, 0.15) is 25.1 Å². The Labute approximate surface area is 135 Å². The molecular weight excluding hydrogens is 290 g/mol. The van der Waals surface area contributed by atoms with E-state index in [1.807, 2.05) is 24.3 Å². The fourth-order valence-corrected chi connectivity index (χ4v) is 3.42. The number of aromatic nitrogens is 2. The molecule has 0 spiro atoms. The normalized spacial score (nSPS) is 21.3. The molecule has 2 aliphatic rings. The van der Waals surface area contributed by atoms with Crippen molar-refractivity contribution in [2.24, 2.45) is 5.92 Å². The van der Waals surface area contributed by atoms with Gasteiger partial charge in [0, 0.05) is 32.2 Å². The molecule has 1 N–H and O–H groups in total. The maximum Gasteiger partial charge on any atom is 0.258 e. The van der Waals surface area contributed by atoms with Gasteiger partial charge in [-0.15, -0.1) is 0 Å². The van der Waals surface area contributed by atoms with Gasteiger partial charge in [-0.3, -0.25) is 9.69 Å². The van der Waals surface area contributed by atoms with E-state index in [2.05, 4.69) is 14.9 Å². The van der Waals surface area contributed by atoms with Crippen molar-refractivity contribution in [3.8, 4) is 0 Å². The number of aromatic amines is 1. The molecule has 1 aromatic heterocycles. The second-order valence-electron chi connectivity index (χ2n) is 6.74. The topological polar surface area (TPSA) is 58.2 Å². The van der Waals surface area contributed by atoms with E-state index in [1.165, 1.54) is 19.3 Å². The number of hydrogen-bond donors (Lipinski definition) is 1. The molecule has 2 fully saturated rings. The van der Waals surface area contributed by atoms with Gasteiger partial charge in [0.15, 0.2) is 0 Å². The summed E-state index contributed by atoms with van der Waals surface area (Å²) in [6.07, 6.45) is 4.57. The summed E-state index contributed by atoms with van der Waals surface area (Å²) >= 11 is 0. The highest BCUT2D eigenvalue weighted by Gasteiger charge is 2.31. The number of nitrogens with zero attached hydrogens (tertiary/aromatic N) is 2. The van der Waals surface area contributed by atoms with Crippen molar-refractivity contribution >= 4 is 10.9 Å². The molecule has 1 aromatic carbocycles. The molecular formula is C18H23N3O2. The zero-order valence-electron chi connectivity index (χ0n) is 13.3. The third-order valence-corrected chi connectivity index (χ3v) is 4.88. The molecule has 1 saturated carbocycles. The molecule has 4 rings (SSSR count). The number of hydrogen-bond acceptors (Lipinski definition) is 4. The van der Waals surface area contributed by atoms with E-state index in [9.17, 15) is 4.79 Å². The van der Waals surface area contributed by atoms with Crippen molar-refractivity contribution in [2.75, 3.05) is 26.3 Å². The van der Waals surface area contributed by atoms with E-state index in [1.54, 1.807) is 0 Å². The van der Waals surface area contributed by atoms with Gasteiger partial charge in [0.05, 0.1) is 17.5 Å². The van der Waals surface area contributed by atoms with Crippen LogP contribution in [0.3, 0.4) is 0 Å². The SMILES string of the molecule is O=c1[nH]c(CCN(C[C@H]2CCOC2)C2CC2)nc2ccccc12. The van der Waals surface area contributed by atoms with Crippen molar-refractivity contribution in [1.82, 2.24) is 14.9 Å². The number of benzene rings is 1. The second kappa shape index (κ2) is 6.42. The first-order chi connectivity index (χ1) is 11.3. The summed E-state index contributed by atoms with van der Waals surface area (Å²) < 4.78 is 5.50. The molecule has 122 valence electrons. The monoisotopic (exact) mass is 313 g/mol. The Morgan fingerprint density at radius 3 is 2.91 bits per heavy atom. The lowest BCUT2D eigenvalue weighted by Gasteiger charge is -2.24. The summed E-state index contributed by atoms with van der Waals surface area (Å²) in [4.78, 5) is 22.3. The zero-order valence-corrected chi connectivity index (χ0v) is 13.3. The number of fused-ring (bicyclic) bond motifs is 1. The Balaban J connectivity index is 1.45. The number of para-hydroxylation sites is 1. The predicted molar refractivity (Wildman–Crippen MR) is 89.6 cm³/mol. The summed E-state index contributed by atoms with van der Waals surface area (Å²) in [5.41, 5.74) is 0.751. The Morgan fingerprint density at radius 1 is 1.26 bits per heavy atom. The van der Waals surface area contributed by atoms with Gasteiger partial charge in [0.2, 0.25) is 0 Å². The van der Waals surface area contributed by atoms with Crippen LogP contribution in [0, 0.1) is 5.92 Å². The van der Waals surface area contributed by atoms with Crippen LogP contribution in [0.2, 0.25) is 0 Å². The molecule has 23 heavy (non-hydrogen) atoms. The molecule has 5 heteroatoms. The molecule has 0 unspecified atom stereocenters. The number of H-pyrrole nitrogens is 1. The summed E-state index contributed by atoms with van der Waals surface area (Å²) in [7, 11) is 0. The molecule has 5 nitrogen and oxygen atoms in total. The van der Waals surface area contributed by atoms with Gasteiger partial charge in [-0.1, -0.05) is 12.1 Å². The van der Waals surface area contributed by atoms with E-state index >= 15 is 0 Å². The van der Waals surface area contributed by atoms with E-state index in [4.69, 9.17) is 4.74 Å². The highest BCUT2D eigenvalue weighted by Crippen LogP contribution is 2.29. The van der Waals surface area contributed by atoms with Crippen molar-refractivity contribution in [3.63, 3.8) is 0 Å². The highest BCUT2D eigenvalue weighted by molar-refractivity contribution is 5.77. The van der Waals surface area contributed by atoms with Crippen molar-refractivity contribution in [1.29, 1.82) is 0 Å². The van der Waals surface area contributed by atoms with Crippen molar-refractivity contribution in [2.45, 2.75) is 31.7 Å². The minimum atomic E-state index is -0.0345. The Kier molecular flexibility index (Phi) is 4.14.